The molecule has 1 heterocycles. The molecule has 1 atom stereocenters. The van der Waals surface area contributed by atoms with E-state index in [2.05, 4.69) is 84.0 Å². The number of benzene rings is 2. The number of nitrogens with one attached hydrogen (secondary N) is 1. The van der Waals surface area contributed by atoms with Crippen LogP contribution in [0.4, 0.5) is 5.69 Å². The van der Waals surface area contributed by atoms with Gasteiger partial charge < -0.3 is 5.32 Å². The summed E-state index contributed by atoms with van der Waals surface area (Å²) in [6, 6.07) is 23.5. The summed E-state index contributed by atoms with van der Waals surface area (Å²) in [6.07, 6.45) is 8.88. The van der Waals surface area contributed by atoms with E-state index in [1.165, 1.54) is 11.1 Å². The first-order chi connectivity index (χ1) is 11.8. The van der Waals surface area contributed by atoms with Gasteiger partial charge in [0.05, 0.1) is 6.04 Å². The highest BCUT2D eigenvalue weighted by atomic mass is 14.9. The second-order valence-corrected chi connectivity index (χ2v) is 5.75. The van der Waals surface area contributed by atoms with Crippen LogP contribution in [0, 0.1) is 0 Å². The number of hydrogen-bond donors (Lipinski definition) is 1. The minimum atomic E-state index is 0.337. The van der Waals surface area contributed by atoms with E-state index in [9.17, 15) is 0 Å². The third-order valence-corrected chi connectivity index (χ3v) is 4.04. The third-order valence-electron chi connectivity index (χ3n) is 4.04. The van der Waals surface area contributed by atoms with Crippen molar-refractivity contribution in [1.29, 1.82) is 0 Å². The molecule has 0 spiro atoms. The molecular formula is C22H22N2. The van der Waals surface area contributed by atoms with Crippen LogP contribution in [0.15, 0.2) is 79.1 Å². The van der Waals surface area contributed by atoms with Gasteiger partial charge in [0.2, 0.25) is 0 Å². The molecule has 2 aromatic carbocycles. The Balaban J connectivity index is 1.67. The summed E-state index contributed by atoms with van der Waals surface area (Å²) in [5.74, 6) is 0. The van der Waals surface area contributed by atoms with Crippen LogP contribution < -0.4 is 5.32 Å². The highest BCUT2D eigenvalue weighted by Crippen LogP contribution is 2.23. The molecule has 0 bridgehead atoms. The highest BCUT2D eigenvalue weighted by Gasteiger charge is 2.07. The molecule has 2 nitrogen and oxygen atoms in total. The van der Waals surface area contributed by atoms with E-state index in [0.29, 0.717) is 6.04 Å². The second kappa shape index (κ2) is 8.11. The molecule has 0 amide bonds. The standard InChI is InChI=1S/C22H22N2/c1-2-22(20-6-4-3-5-7-20)24-21-12-10-18(11-13-21)8-9-19-14-16-23-17-15-19/h3-17,22,24H,2H2,1H3. The molecule has 0 saturated carbocycles. The van der Waals surface area contributed by atoms with Crippen LogP contribution in [0.3, 0.4) is 0 Å². The molecule has 1 N–H and O–H groups in total. The predicted molar refractivity (Wildman–Crippen MR) is 103 cm³/mol. The van der Waals surface area contributed by atoms with E-state index >= 15 is 0 Å². The Morgan fingerprint density at radius 3 is 2.08 bits per heavy atom. The summed E-state index contributed by atoms with van der Waals surface area (Å²) in [6.45, 7) is 2.20. The maximum Gasteiger partial charge on any atom is 0.0511 e. The Morgan fingerprint density at radius 2 is 1.46 bits per heavy atom. The number of nitrogens with zero attached hydrogens (tertiary/aromatic N) is 1. The van der Waals surface area contributed by atoms with Crippen molar-refractivity contribution in [2.24, 2.45) is 0 Å². The largest absolute Gasteiger partial charge is 0.378 e. The fraction of sp³-hybridized carbons (Fsp3) is 0.136. The Morgan fingerprint density at radius 1 is 0.833 bits per heavy atom. The van der Waals surface area contributed by atoms with Crippen molar-refractivity contribution in [2.75, 3.05) is 5.32 Å². The van der Waals surface area contributed by atoms with Crippen molar-refractivity contribution in [3.8, 4) is 0 Å². The van der Waals surface area contributed by atoms with Gasteiger partial charge in [-0.15, -0.1) is 0 Å². The molecule has 1 aromatic heterocycles. The van der Waals surface area contributed by atoms with Gasteiger partial charge in [-0.1, -0.05) is 61.5 Å². The Labute approximate surface area is 143 Å². The fourth-order valence-electron chi connectivity index (χ4n) is 2.67. The lowest BCUT2D eigenvalue weighted by atomic mass is 10.0. The molecule has 0 saturated heterocycles. The number of aromatic nitrogens is 1. The van der Waals surface area contributed by atoms with Crippen LogP contribution in [0.2, 0.25) is 0 Å². The van der Waals surface area contributed by atoms with Gasteiger partial charge in [-0.25, -0.2) is 0 Å². The molecule has 24 heavy (non-hydrogen) atoms. The molecule has 0 fully saturated rings. The number of pyridine rings is 1. The van der Waals surface area contributed by atoms with Gasteiger partial charge in [-0.2, -0.15) is 0 Å². The average molecular weight is 314 g/mol. The zero-order valence-corrected chi connectivity index (χ0v) is 13.9. The van der Waals surface area contributed by atoms with Crippen molar-refractivity contribution in [3.63, 3.8) is 0 Å². The number of rotatable bonds is 6. The Bertz CT molecular complexity index is 762. The highest BCUT2D eigenvalue weighted by molar-refractivity contribution is 5.70. The van der Waals surface area contributed by atoms with E-state index in [1.807, 2.05) is 12.1 Å². The van der Waals surface area contributed by atoms with Crippen LogP contribution in [0.1, 0.15) is 36.1 Å². The lowest BCUT2D eigenvalue weighted by Gasteiger charge is -2.18. The summed E-state index contributed by atoms with van der Waals surface area (Å²) < 4.78 is 0. The summed E-state index contributed by atoms with van der Waals surface area (Å²) in [5, 5.41) is 3.61. The van der Waals surface area contributed by atoms with Crippen LogP contribution in [-0.2, 0) is 0 Å². The molecule has 0 radical (unpaired) electrons. The minimum absolute atomic E-state index is 0.337. The van der Waals surface area contributed by atoms with E-state index in [1.54, 1.807) is 12.4 Å². The van der Waals surface area contributed by atoms with Crippen LogP contribution in [0.5, 0.6) is 0 Å². The van der Waals surface area contributed by atoms with Gasteiger partial charge in [0.15, 0.2) is 0 Å². The van der Waals surface area contributed by atoms with Crippen LogP contribution in [-0.4, -0.2) is 4.98 Å². The zero-order chi connectivity index (χ0) is 16.6. The van der Waals surface area contributed by atoms with E-state index in [4.69, 9.17) is 0 Å². The lowest BCUT2D eigenvalue weighted by Crippen LogP contribution is -2.09. The van der Waals surface area contributed by atoms with Crippen LogP contribution in [0.25, 0.3) is 12.2 Å². The van der Waals surface area contributed by atoms with Crippen molar-refractivity contribution in [1.82, 2.24) is 4.98 Å². The molecule has 0 aliphatic rings. The topological polar surface area (TPSA) is 24.9 Å². The monoisotopic (exact) mass is 314 g/mol. The molecule has 3 aromatic rings. The van der Waals surface area contributed by atoms with Gasteiger partial charge in [0, 0.05) is 18.1 Å². The van der Waals surface area contributed by atoms with Crippen molar-refractivity contribution >= 4 is 17.8 Å². The Kier molecular flexibility index (Phi) is 5.41. The second-order valence-electron chi connectivity index (χ2n) is 5.75. The minimum Gasteiger partial charge on any atom is -0.378 e. The van der Waals surface area contributed by atoms with E-state index in [0.717, 1.165) is 17.7 Å². The lowest BCUT2D eigenvalue weighted by molar-refractivity contribution is 0.749. The molecule has 3 rings (SSSR count). The quantitative estimate of drug-likeness (QED) is 0.620. The molecule has 0 aliphatic carbocycles. The van der Waals surface area contributed by atoms with Gasteiger partial charge in [0.25, 0.3) is 0 Å². The molecular weight excluding hydrogens is 292 g/mol. The third kappa shape index (κ3) is 4.32. The van der Waals surface area contributed by atoms with Crippen molar-refractivity contribution < 1.29 is 0 Å². The smallest absolute Gasteiger partial charge is 0.0511 e. The van der Waals surface area contributed by atoms with E-state index in [-0.39, 0.29) is 0 Å². The molecule has 1 unspecified atom stereocenters. The fourth-order valence-corrected chi connectivity index (χ4v) is 2.67. The molecule has 0 aliphatic heterocycles. The van der Waals surface area contributed by atoms with Gasteiger partial charge in [-0.05, 0) is 47.4 Å². The Hall–Kier alpha value is -2.87. The van der Waals surface area contributed by atoms with Gasteiger partial charge in [0.1, 0.15) is 0 Å². The van der Waals surface area contributed by atoms with Crippen LogP contribution >= 0.6 is 0 Å². The molecule has 120 valence electrons. The first-order valence-electron chi connectivity index (χ1n) is 8.35. The molecule has 2 heteroatoms. The van der Waals surface area contributed by atoms with E-state index < -0.39 is 0 Å². The summed E-state index contributed by atoms with van der Waals surface area (Å²) >= 11 is 0. The summed E-state index contributed by atoms with van der Waals surface area (Å²) in [5.41, 5.74) is 4.81. The first kappa shape index (κ1) is 16.0. The first-order valence-corrected chi connectivity index (χ1v) is 8.35. The van der Waals surface area contributed by atoms with Crippen molar-refractivity contribution in [3.05, 3.63) is 95.8 Å². The summed E-state index contributed by atoms with van der Waals surface area (Å²) in [4.78, 5) is 4.03. The average Bonchev–Trinajstić information content (AvgIpc) is 2.67. The number of hydrogen-bond acceptors (Lipinski definition) is 2. The van der Waals surface area contributed by atoms with Gasteiger partial charge in [-0.3, -0.25) is 4.98 Å². The number of anilines is 1. The van der Waals surface area contributed by atoms with Gasteiger partial charge >= 0.3 is 0 Å². The van der Waals surface area contributed by atoms with Crippen molar-refractivity contribution in [2.45, 2.75) is 19.4 Å². The SMILES string of the molecule is CCC(Nc1ccc(C=Cc2ccncc2)cc1)c1ccccc1. The maximum absolute atomic E-state index is 4.03. The summed E-state index contributed by atoms with van der Waals surface area (Å²) in [7, 11) is 0. The zero-order valence-electron chi connectivity index (χ0n) is 13.9. The maximum atomic E-state index is 4.03. The normalized spacial score (nSPS) is 12.2. The predicted octanol–water partition coefficient (Wildman–Crippen LogP) is 5.82.